The largest absolute Gasteiger partial charge is 0.375 e. The summed E-state index contributed by atoms with van der Waals surface area (Å²) >= 11 is 0. The van der Waals surface area contributed by atoms with Gasteiger partial charge in [-0.15, -0.1) is 0 Å². The van der Waals surface area contributed by atoms with Gasteiger partial charge < -0.3 is 15.4 Å². The van der Waals surface area contributed by atoms with Crippen molar-refractivity contribution in [2.45, 2.75) is 45.7 Å². The van der Waals surface area contributed by atoms with Gasteiger partial charge in [0.1, 0.15) is 6.61 Å². The second-order valence-electron chi connectivity index (χ2n) is 4.24. The Hall–Kier alpha value is -0.260. The van der Waals surface area contributed by atoms with Crippen molar-refractivity contribution in [1.82, 2.24) is 10.6 Å². The van der Waals surface area contributed by atoms with Crippen LogP contribution >= 0.6 is 0 Å². The molecule has 0 aromatic rings. The Kier molecular flexibility index (Phi) is 9.77. The molecule has 0 amide bonds. The highest BCUT2D eigenvalue weighted by Gasteiger charge is 2.03. The summed E-state index contributed by atoms with van der Waals surface area (Å²) in [6.07, 6.45) is -1.60. The summed E-state index contributed by atoms with van der Waals surface area (Å²) < 4.78 is 28.2. The minimum absolute atomic E-state index is 0.387. The van der Waals surface area contributed by atoms with E-state index in [-0.39, 0.29) is 0 Å². The fourth-order valence-corrected chi connectivity index (χ4v) is 1.18. The van der Waals surface area contributed by atoms with E-state index in [2.05, 4.69) is 31.4 Å². The van der Waals surface area contributed by atoms with Gasteiger partial charge in [-0.2, -0.15) is 0 Å². The highest BCUT2D eigenvalue weighted by atomic mass is 19.3. The molecule has 1 unspecified atom stereocenters. The summed E-state index contributed by atoms with van der Waals surface area (Å²) in [5.74, 6) is 0. The first kappa shape index (κ1) is 15.7. The minimum atomic E-state index is -2.36. The molecule has 0 aromatic heterocycles. The zero-order chi connectivity index (χ0) is 12.4. The Labute approximate surface area is 96.9 Å². The summed E-state index contributed by atoms with van der Waals surface area (Å²) in [4.78, 5) is 0. The number of hydrogen-bond donors (Lipinski definition) is 2. The van der Waals surface area contributed by atoms with Crippen molar-refractivity contribution in [3.8, 4) is 0 Å². The second kappa shape index (κ2) is 9.93. The van der Waals surface area contributed by atoms with Gasteiger partial charge in [0.05, 0.1) is 0 Å². The number of hydrogen-bond acceptors (Lipinski definition) is 3. The van der Waals surface area contributed by atoms with Gasteiger partial charge in [0.2, 0.25) is 0 Å². The SMILES string of the molecule is CC(C)NCC(C)NCCCOCC(F)F. The van der Waals surface area contributed by atoms with Gasteiger partial charge in [0.15, 0.2) is 0 Å². The maximum atomic E-state index is 11.7. The average Bonchev–Trinajstić information content (AvgIpc) is 2.19. The van der Waals surface area contributed by atoms with Crippen LogP contribution in [0.25, 0.3) is 0 Å². The van der Waals surface area contributed by atoms with E-state index in [1.165, 1.54) is 0 Å². The third-order valence-corrected chi connectivity index (χ3v) is 2.03. The maximum absolute atomic E-state index is 11.7. The lowest BCUT2D eigenvalue weighted by molar-refractivity contribution is 0.0167. The lowest BCUT2D eigenvalue weighted by Crippen LogP contribution is -2.39. The quantitative estimate of drug-likeness (QED) is 0.568. The smallest absolute Gasteiger partial charge is 0.261 e. The van der Waals surface area contributed by atoms with E-state index < -0.39 is 13.0 Å². The summed E-state index contributed by atoms with van der Waals surface area (Å²) in [7, 11) is 0. The molecule has 0 saturated heterocycles. The Morgan fingerprint density at radius 3 is 2.38 bits per heavy atom. The molecule has 1 atom stereocenters. The molecule has 0 saturated carbocycles. The minimum Gasteiger partial charge on any atom is -0.375 e. The van der Waals surface area contributed by atoms with Crippen molar-refractivity contribution < 1.29 is 13.5 Å². The van der Waals surface area contributed by atoms with Crippen LogP contribution in [0.2, 0.25) is 0 Å². The van der Waals surface area contributed by atoms with Gasteiger partial charge in [0, 0.05) is 25.2 Å². The van der Waals surface area contributed by atoms with Gasteiger partial charge in [-0.3, -0.25) is 0 Å². The molecule has 0 spiro atoms. The van der Waals surface area contributed by atoms with Gasteiger partial charge >= 0.3 is 0 Å². The summed E-state index contributed by atoms with van der Waals surface area (Å²) in [5.41, 5.74) is 0. The topological polar surface area (TPSA) is 33.3 Å². The van der Waals surface area contributed by atoms with Crippen LogP contribution in [-0.4, -0.2) is 44.8 Å². The standard InChI is InChI=1S/C11H24F2N2O/c1-9(2)15-7-10(3)14-5-4-6-16-8-11(12)13/h9-11,14-15H,4-8H2,1-3H3. The van der Waals surface area contributed by atoms with E-state index in [1.807, 2.05) is 0 Å². The Morgan fingerprint density at radius 1 is 1.12 bits per heavy atom. The first-order valence-corrected chi connectivity index (χ1v) is 5.85. The fourth-order valence-electron chi connectivity index (χ4n) is 1.18. The molecular weight excluding hydrogens is 214 g/mol. The molecule has 0 rings (SSSR count). The monoisotopic (exact) mass is 238 g/mol. The van der Waals surface area contributed by atoms with Crippen LogP contribution < -0.4 is 10.6 Å². The van der Waals surface area contributed by atoms with Gasteiger partial charge in [0.25, 0.3) is 6.43 Å². The Morgan fingerprint density at radius 2 is 1.81 bits per heavy atom. The second-order valence-corrected chi connectivity index (χ2v) is 4.24. The molecule has 5 heteroatoms. The van der Waals surface area contributed by atoms with Crippen molar-refractivity contribution in [2.24, 2.45) is 0 Å². The van der Waals surface area contributed by atoms with Crippen molar-refractivity contribution in [3.05, 3.63) is 0 Å². The van der Waals surface area contributed by atoms with E-state index in [9.17, 15) is 8.78 Å². The molecule has 98 valence electrons. The van der Waals surface area contributed by atoms with Crippen molar-refractivity contribution in [3.63, 3.8) is 0 Å². The van der Waals surface area contributed by atoms with Crippen LogP contribution in [0.15, 0.2) is 0 Å². The molecule has 0 fully saturated rings. The molecule has 0 bridgehead atoms. The third kappa shape index (κ3) is 11.8. The molecule has 2 N–H and O–H groups in total. The molecule has 0 aliphatic carbocycles. The predicted octanol–water partition coefficient (Wildman–Crippen LogP) is 1.63. The predicted molar refractivity (Wildman–Crippen MR) is 62.0 cm³/mol. The van der Waals surface area contributed by atoms with Crippen molar-refractivity contribution in [2.75, 3.05) is 26.3 Å². The highest BCUT2D eigenvalue weighted by Crippen LogP contribution is 1.93. The van der Waals surface area contributed by atoms with E-state index in [1.54, 1.807) is 0 Å². The number of halogens is 2. The van der Waals surface area contributed by atoms with E-state index in [0.717, 1.165) is 19.5 Å². The third-order valence-electron chi connectivity index (χ3n) is 2.03. The normalized spacial score (nSPS) is 13.7. The van der Waals surface area contributed by atoms with Crippen molar-refractivity contribution >= 4 is 0 Å². The first-order chi connectivity index (χ1) is 7.52. The maximum Gasteiger partial charge on any atom is 0.261 e. The van der Waals surface area contributed by atoms with Crippen LogP contribution in [0, 0.1) is 0 Å². The van der Waals surface area contributed by atoms with Crippen molar-refractivity contribution in [1.29, 1.82) is 0 Å². The molecule has 16 heavy (non-hydrogen) atoms. The summed E-state index contributed by atoms with van der Waals surface area (Å²) in [6.45, 7) is 7.94. The zero-order valence-electron chi connectivity index (χ0n) is 10.4. The van der Waals surface area contributed by atoms with Crippen LogP contribution in [0.5, 0.6) is 0 Å². The lowest BCUT2D eigenvalue weighted by Gasteiger charge is -2.16. The van der Waals surface area contributed by atoms with Gasteiger partial charge in [-0.05, 0) is 19.9 Å². The molecule has 0 aromatic carbocycles. The van der Waals surface area contributed by atoms with Crippen LogP contribution in [-0.2, 0) is 4.74 Å². The summed E-state index contributed by atoms with van der Waals surface area (Å²) in [6, 6.07) is 0.871. The first-order valence-electron chi connectivity index (χ1n) is 5.85. The van der Waals surface area contributed by atoms with Gasteiger partial charge in [-0.25, -0.2) is 8.78 Å². The van der Waals surface area contributed by atoms with E-state index in [4.69, 9.17) is 4.74 Å². The molecule has 3 nitrogen and oxygen atoms in total. The number of alkyl halides is 2. The molecule has 0 aliphatic rings. The molecule has 0 radical (unpaired) electrons. The van der Waals surface area contributed by atoms with Gasteiger partial charge in [-0.1, -0.05) is 13.8 Å². The number of rotatable bonds is 10. The summed E-state index contributed by atoms with van der Waals surface area (Å²) in [5, 5.41) is 6.62. The highest BCUT2D eigenvalue weighted by molar-refractivity contribution is 4.65. The Bertz CT molecular complexity index is 157. The fraction of sp³-hybridized carbons (Fsp3) is 1.00. The van der Waals surface area contributed by atoms with E-state index >= 15 is 0 Å². The molecule has 0 heterocycles. The molecule has 0 aliphatic heterocycles. The molecular formula is C11H24F2N2O. The average molecular weight is 238 g/mol. The van der Waals surface area contributed by atoms with Crippen LogP contribution in [0.1, 0.15) is 27.2 Å². The number of ether oxygens (including phenoxy) is 1. The number of nitrogens with one attached hydrogen (secondary N) is 2. The van der Waals surface area contributed by atoms with E-state index in [0.29, 0.717) is 18.7 Å². The Balaban J connectivity index is 3.18. The van der Waals surface area contributed by atoms with Crippen LogP contribution in [0.3, 0.4) is 0 Å². The zero-order valence-corrected chi connectivity index (χ0v) is 10.4. The lowest BCUT2D eigenvalue weighted by atomic mass is 10.3. The van der Waals surface area contributed by atoms with Crippen LogP contribution in [0.4, 0.5) is 8.78 Å².